The molecule has 3 rings (SSSR count). The number of amides is 1. The minimum Gasteiger partial charge on any atom is -0.375 e. The Hall–Kier alpha value is -1.43. The van der Waals surface area contributed by atoms with E-state index in [2.05, 4.69) is 6.07 Å². The van der Waals surface area contributed by atoms with Gasteiger partial charge in [0.1, 0.15) is 0 Å². The first-order chi connectivity index (χ1) is 10.6. The summed E-state index contributed by atoms with van der Waals surface area (Å²) in [7, 11) is 0. The molecule has 0 aliphatic carbocycles. The van der Waals surface area contributed by atoms with Crippen molar-refractivity contribution in [2.75, 3.05) is 32.8 Å². The van der Waals surface area contributed by atoms with Crippen molar-refractivity contribution in [1.29, 1.82) is 0 Å². The Balaban J connectivity index is 1.88. The molecule has 1 aromatic carbocycles. The molecule has 1 amide bonds. The molecule has 0 bridgehead atoms. The summed E-state index contributed by atoms with van der Waals surface area (Å²) in [6.45, 7) is 4.77. The summed E-state index contributed by atoms with van der Waals surface area (Å²) >= 11 is 0. The van der Waals surface area contributed by atoms with E-state index < -0.39 is 5.60 Å². The highest BCUT2D eigenvalue weighted by atomic mass is 16.5. The first kappa shape index (κ1) is 15.5. The number of nitrogens with two attached hydrogens (primary N) is 1. The van der Waals surface area contributed by atoms with E-state index in [1.807, 2.05) is 30.0 Å². The van der Waals surface area contributed by atoms with Crippen LogP contribution in [0.3, 0.4) is 0 Å². The smallest absolute Gasteiger partial charge is 0.259 e. The lowest BCUT2D eigenvalue weighted by molar-refractivity contribution is -0.160. The fourth-order valence-electron chi connectivity index (χ4n) is 3.35. The highest BCUT2D eigenvalue weighted by molar-refractivity contribution is 5.87. The van der Waals surface area contributed by atoms with Crippen molar-refractivity contribution >= 4 is 5.91 Å². The quantitative estimate of drug-likeness (QED) is 0.887. The Morgan fingerprint density at radius 2 is 2.23 bits per heavy atom. The second-order valence-corrected chi connectivity index (χ2v) is 6.12. The summed E-state index contributed by atoms with van der Waals surface area (Å²) in [5.74, 6) is 0.0172. The number of fused-ring (bicyclic) bond motifs is 1. The van der Waals surface area contributed by atoms with Crippen LogP contribution in [0.5, 0.6) is 0 Å². The average Bonchev–Trinajstić information content (AvgIpc) is 2.80. The van der Waals surface area contributed by atoms with Crippen LogP contribution in [0.1, 0.15) is 24.5 Å². The van der Waals surface area contributed by atoms with Gasteiger partial charge in [-0.1, -0.05) is 24.3 Å². The van der Waals surface area contributed by atoms with Gasteiger partial charge < -0.3 is 20.1 Å². The van der Waals surface area contributed by atoms with Crippen molar-refractivity contribution in [3.8, 4) is 0 Å². The number of hydrogen-bond acceptors (Lipinski definition) is 4. The van der Waals surface area contributed by atoms with E-state index in [1.54, 1.807) is 0 Å². The molecular formula is C17H24N2O3. The molecule has 2 atom stereocenters. The summed E-state index contributed by atoms with van der Waals surface area (Å²) in [6, 6.07) is 8.06. The Morgan fingerprint density at radius 3 is 3.05 bits per heavy atom. The van der Waals surface area contributed by atoms with Crippen molar-refractivity contribution in [3.63, 3.8) is 0 Å². The second-order valence-electron chi connectivity index (χ2n) is 6.12. The second kappa shape index (κ2) is 6.36. The molecule has 1 saturated heterocycles. The highest BCUT2D eigenvalue weighted by Crippen LogP contribution is 2.34. The first-order valence-corrected chi connectivity index (χ1v) is 7.98. The summed E-state index contributed by atoms with van der Waals surface area (Å²) in [6.07, 6.45) is 1.60. The molecule has 2 heterocycles. The van der Waals surface area contributed by atoms with Crippen molar-refractivity contribution in [2.24, 2.45) is 5.73 Å². The van der Waals surface area contributed by atoms with Gasteiger partial charge in [0.2, 0.25) is 0 Å². The Bertz CT molecular complexity index is 548. The molecular weight excluding hydrogens is 280 g/mol. The Kier molecular flexibility index (Phi) is 4.47. The lowest BCUT2D eigenvalue weighted by Gasteiger charge is -2.38. The first-order valence-electron chi connectivity index (χ1n) is 7.98. The van der Waals surface area contributed by atoms with Crippen LogP contribution in [0.25, 0.3) is 0 Å². The van der Waals surface area contributed by atoms with Crippen molar-refractivity contribution < 1.29 is 14.3 Å². The number of rotatable bonds is 2. The van der Waals surface area contributed by atoms with Gasteiger partial charge >= 0.3 is 0 Å². The van der Waals surface area contributed by atoms with Gasteiger partial charge in [-0.25, -0.2) is 0 Å². The van der Waals surface area contributed by atoms with Crippen LogP contribution in [0.4, 0.5) is 0 Å². The summed E-state index contributed by atoms with van der Waals surface area (Å²) < 4.78 is 11.6. The number of carbonyl (C=O) groups is 1. The lowest BCUT2D eigenvalue weighted by atomic mass is 9.86. The largest absolute Gasteiger partial charge is 0.375 e. The van der Waals surface area contributed by atoms with E-state index in [0.29, 0.717) is 32.8 Å². The average molecular weight is 304 g/mol. The fourth-order valence-corrected chi connectivity index (χ4v) is 3.35. The van der Waals surface area contributed by atoms with Crippen LogP contribution in [0, 0.1) is 0 Å². The molecule has 2 N–H and O–H groups in total. The van der Waals surface area contributed by atoms with Crippen molar-refractivity contribution in [1.82, 2.24) is 4.90 Å². The molecule has 0 radical (unpaired) electrons. The molecule has 2 aliphatic rings. The topological polar surface area (TPSA) is 64.8 Å². The number of ether oxygens (including phenoxy) is 2. The van der Waals surface area contributed by atoms with Crippen LogP contribution in [0.2, 0.25) is 0 Å². The monoisotopic (exact) mass is 304 g/mol. The maximum absolute atomic E-state index is 13.2. The molecule has 1 fully saturated rings. The van der Waals surface area contributed by atoms with Crippen LogP contribution in [-0.2, 0) is 26.3 Å². The van der Waals surface area contributed by atoms with Gasteiger partial charge in [0, 0.05) is 26.2 Å². The Labute approximate surface area is 131 Å². The zero-order valence-corrected chi connectivity index (χ0v) is 13.1. The van der Waals surface area contributed by atoms with Gasteiger partial charge in [-0.2, -0.15) is 0 Å². The molecule has 0 aromatic heterocycles. The van der Waals surface area contributed by atoms with Gasteiger partial charge in [0.05, 0.1) is 12.7 Å². The third-order valence-electron chi connectivity index (χ3n) is 4.60. The molecule has 0 spiro atoms. The predicted octanol–water partition coefficient (Wildman–Crippen LogP) is 1.05. The zero-order chi connectivity index (χ0) is 15.6. The minimum atomic E-state index is -0.904. The predicted molar refractivity (Wildman–Crippen MR) is 83.4 cm³/mol. The maximum atomic E-state index is 13.2. The van der Waals surface area contributed by atoms with Crippen LogP contribution >= 0.6 is 0 Å². The maximum Gasteiger partial charge on any atom is 0.259 e. The Morgan fingerprint density at radius 1 is 1.41 bits per heavy atom. The molecule has 22 heavy (non-hydrogen) atoms. The van der Waals surface area contributed by atoms with Crippen molar-refractivity contribution in [3.05, 3.63) is 35.4 Å². The van der Waals surface area contributed by atoms with Gasteiger partial charge in [-0.05, 0) is 30.9 Å². The van der Waals surface area contributed by atoms with Gasteiger partial charge in [-0.3, -0.25) is 4.79 Å². The summed E-state index contributed by atoms with van der Waals surface area (Å²) in [5, 5.41) is 0. The molecule has 2 unspecified atom stereocenters. The van der Waals surface area contributed by atoms with Crippen LogP contribution in [-0.4, -0.2) is 49.8 Å². The minimum absolute atomic E-state index is 0.0172. The molecule has 1 aromatic rings. The molecule has 5 nitrogen and oxygen atoms in total. The number of hydrogen-bond donors (Lipinski definition) is 1. The lowest BCUT2D eigenvalue weighted by Crippen LogP contribution is -2.51. The van der Waals surface area contributed by atoms with Crippen LogP contribution in [0.15, 0.2) is 24.3 Å². The summed E-state index contributed by atoms with van der Waals surface area (Å²) in [5.41, 5.74) is 7.01. The van der Waals surface area contributed by atoms with Gasteiger partial charge in [0.25, 0.3) is 5.91 Å². The van der Waals surface area contributed by atoms with E-state index in [9.17, 15) is 4.79 Å². The van der Waals surface area contributed by atoms with E-state index in [4.69, 9.17) is 15.2 Å². The van der Waals surface area contributed by atoms with Crippen LogP contribution < -0.4 is 5.73 Å². The third kappa shape index (κ3) is 2.76. The van der Waals surface area contributed by atoms with Gasteiger partial charge in [-0.15, -0.1) is 0 Å². The molecule has 0 saturated carbocycles. The van der Waals surface area contributed by atoms with Crippen molar-refractivity contribution in [2.45, 2.75) is 31.5 Å². The summed E-state index contributed by atoms with van der Waals surface area (Å²) in [4.78, 5) is 15.0. The van der Waals surface area contributed by atoms with Gasteiger partial charge in [0.15, 0.2) is 5.60 Å². The zero-order valence-electron chi connectivity index (χ0n) is 13.1. The highest BCUT2D eigenvalue weighted by Gasteiger charge is 2.43. The van der Waals surface area contributed by atoms with E-state index in [1.165, 1.54) is 5.56 Å². The molecule has 2 aliphatic heterocycles. The number of nitrogens with zero attached hydrogens (tertiary/aromatic N) is 1. The standard InChI is InChI=1S/C17H24N2O3/c1-17(15-6-3-2-5-13(15)7-10-22-17)16(20)19-8-4-9-21-14(11-18)12-19/h2-3,5-6,14H,4,7-12,18H2,1H3. The third-order valence-corrected chi connectivity index (χ3v) is 4.60. The van der Waals surface area contributed by atoms with E-state index >= 15 is 0 Å². The van der Waals surface area contributed by atoms with E-state index in [-0.39, 0.29) is 12.0 Å². The fraction of sp³-hybridized carbons (Fsp3) is 0.588. The number of benzene rings is 1. The van der Waals surface area contributed by atoms with E-state index in [0.717, 1.165) is 18.4 Å². The SMILES string of the molecule is CC1(C(=O)N2CCCOC(CN)C2)OCCc2ccccc21. The normalized spacial score (nSPS) is 28.8. The molecule has 5 heteroatoms. The number of carbonyl (C=O) groups excluding carboxylic acids is 1. The molecule has 120 valence electrons.